The summed E-state index contributed by atoms with van der Waals surface area (Å²) in [5.41, 5.74) is 5.37. The molecular weight excluding hydrogens is 209 g/mol. The number of carbonyl (C=O) groups excluding carboxylic acids is 1. The number of methoxy groups -OCH3 is 1. The molecule has 0 saturated carbocycles. The summed E-state index contributed by atoms with van der Waals surface area (Å²) in [5.74, 6) is -0.830. The molecule has 0 bridgehead atoms. The van der Waals surface area contributed by atoms with Gasteiger partial charge in [-0.3, -0.25) is 4.79 Å². The normalized spacial score (nSPS) is 10.0. The Morgan fingerprint density at radius 2 is 2.29 bits per heavy atom. The standard InChI is InChI=1S/C9H9ClFNO2/c1-14-9-3-7(11)6(10)2-5(9)8(13)4-12/h2-3H,4,12H2,1H3. The summed E-state index contributed by atoms with van der Waals surface area (Å²) in [6, 6.07) is 2.27. The van der Waals surface area contributed by atoms with Gasteiger partial charge in [-0.1, -0.05) is 11.6 Å². The fourth-order valence-electron chi connectivity index (χ4n) is 1.03. The Morgan fingerprint density at radius 3 is 2.79 bits per heavy atom. The van der Waals surface area contributed by atoms with Crippen LogP contribution in [-0.2, 0) is 0 Å². The minimum absolute atomic E-state index is 0.123. The highest BCUT2D eigenvalue weighted by Crippen LogP contribution is 2.25. The summed E-state index contributed by atoms with van der Waals surface area (Å²) in [6.45, 7) is -0.168. The molecule has 1 rings (SSSR count). The van der Waals surface area contributed by atoms with Crippen LogP contribution in [0.4, 0.5) is 4.39 Å². The number of Topliss-reactive ketones (excluding diaryl/α,β-unsaturated/α-hetero) is 1. The molecule has 1 aromatic carbocycles. The topological polar surface area (TPSA) is 52.3 Å². The minimum atomic E-state index is -0.628. The molecule has 0 heterocycles. The zero-order valence-electron chi connectivity index (χ0n) is 7.51. The van der Waals surface area contributed by atoms with Gasteiger partial charge in [0.2, 0.25) is 0 Å². The molecule has 0 unspecified atom stereocenters. The van der Waals surface area contributed by atoms with E-state index in [1.165, 1.54) is 13.2 Å². The van der Waals surface area contributed by atoms with Crippen molar-refractivity contribution in [3.8, 4) is 5.75 Å². The molecule has 0 aliphatic carbocycles. The Bertz CT molecular complexity index is 368. The molecule has 0 radical (unpaired) electrons. The largest absolute Gasteiger partial charge is 0.496 e. The number of nitrogens with two attached hydrogens (primary N) is 1. The van der Waals surface area contributed by atoms with Gasteiger partial charge < -0.3 is 10.5 Å². The number of carbonyl (C=O) groups is 1. The lowest BCUT2D eigenvalue weighted by Gasteiger charge is -2.07. The molecule has 0 spiro atoms. The van der Waals surface area contributed by atoms with Crippen LogP contribution in [-0.4, -0.2) is 19.4 Å². The maximum Gasteiger partial charge on any atom is 0.180 e. The van der Waals surface area contributed by atoms with Gasteiger partial charge >= 0.3 is 0 Å². The molecule has 0 aliphatic rings. The number of hydrogen-bond acceptors (Lipinski definition) is 3. The second-order valence-electron chi connectivity index (χ2n) is 2.59. The highest BCUT2D eigenvalue weighted by Gasteiger charge is 2.14. The van der Waals surface area contributed by atoms with Crippen LogP contribution < -0.4 is 10.5 Å². The number of rotatable bonds is 3. The quantitative estimate of drug-likeness (QED) is 0.783. The first-order chi connectivity index (χ1) is 6.60. The highest BCUT2D eigenvalue weighted by atomic mass is 35.5. The van der Waals surface area contributed by atoms with Crippen LogP contribution in [0.1, 0.15) is 10.4 Å². The van der Waals surface area contributed by atoms with Crippen molar-refractivity contribution < 1.29 is 13.9 Å². The zero-order chi connectivity index (χ0) is 10.7. The number of hydrogen-bond donors (Lipinski definition) is 1. The summed E-state index contributed by atoms with van der Waals surface area (Å²) in [7, 11) is 1.34. The van der Waals surface area contributed by atoms with E-state index in [-0.39, 0.29) is 28.7 Å². The summed E-state index contributed by atoms with van der Waals surface area (Å²) < 4.78 is 17.8. The van der Waals surface area contributed by atoms with Crippen molar-refractivity contribution in [3.63, 3.8) is 0 Å². The lowest BCUT2D eigenvalue weighted by Crippen LogP contribution is -2.14. The number of ether oxygens (including phenoxy) is 1. The summed E-state index contributed by atoms with van der Waals surface area (Å²) in [5, 5.41) is -0.123. The second-order valence-corrected chi connectivity index (χ2v) is 3.00. The van der Waals surface area contributed by atoms with Crippen LogP contribution in [0.15, 0.2) is 12.1 Å². The molecule has 1 aromatic rings. The van der Waals surface area contributed by atoms with Crippen molar-refractivity contribution in [3.05, 3.63) is 28.5 Å². The first kappa shape index (κ1) is 10.9. The van der Waals surface area contributed by atoms with E-state index >= 15 is 0 Å². The second kappa shape index (κ2) is 4.39. The molecule has 0 amide bonds. The van der Waals surface area contributed by atoms with Crippen molar-refractivity contribution in [2.75, 3.05) is 13.7 Å². The van der Waals surface area contributed by atoms with Crippen molar-refractivity contribution in [1.29, 1.82) is 0 Å². The van der Waals surface area contributed by atoms with Crippen LogP contribution in [0.3, 0.4) is 0 Å². The fourth-order valence-corrected chi connectivity index (χ4v) is 1.19. The van der Waals surface area contributed by atoms with Crippen molar-refractivity contribution >= 4 is 17.4 Å². The molecule has 0 aromatic heterocycles. The monoisotopic (exact) mass is 217 g/mol. The molecule has 0 aliphatic heterocycles. The minimum Gasteiger partial charge on any atom is -0.496 e. The van der Waals surface area contributed by atoms with E-state index < -0.39 is 5.82 Å². The maximum absolute atomic E-state index is 13.0. The Balaban J connectivity index is 3.27. The molecule has 14 heavy (non-hydrogen) atoms. The third kappa shape index (κ3) is 2.02. The highest BCUT2D eigenvalue weighted by molar-refractivity contribution is 6.31. The number of ketones is 1. The van der Waals surface area contributed by atoms with E-state index in [1.807, 2.05) is 0 Å². The van der Waals surface area contributed by atoms with Crippen molar-refractivity contribution in [1.82, 2.24) is 0 Å². The maximum atomic E-state index is 13.0. The Morgan fingerprint density at radius 1 is 1.64 bits per heavy atom. The summed E-state index contributed by atoms with van der Waals surface area (Å²) >= 11 is 5.52. The third-order valence-corrected chi connectivity index (χ3v) is 2.02. The molecular formula is C9H9ClFNO2. The lowest BCUT2D eigenvalue weighted by atomic mass is 10.1. The Hall–Kier alpha value is -1.13. The molecule has 0 saturated heterocycles. The van der Waals surface area contributed by atoms with E-state index in [0.29, 0.717) is 0 Å². The molecule has 76 valence electrons. The van der Waals surface area contributed by atoms with Gasteiger partial charge in [-0.25, -0.2) is 4.39 Å². The SMILES string of the molecule is COc1cc(F)c(Cl)cc1C(=O)CN. The van der Waals surface area contributed by atoms with Crippen LogP contribution >= 0.6 is 11.6 Å². The molecule has 0 atom stereocenters. The van der Waals surface area contributed by atoms with Gasteiger partial charge in [-0.05, 0) is 6.07 Å². The molecule has 3 nitrogen and oxygen atoms in total. The molecule has 5 heteroatoms. The summed E-state index contributed by atoms with van der Waals surface area (Å²) in [4.78, 5) is 11.3. The molecule has 2 N–H and O–H groups in total. The average molecular weight is 218 g/mol. The first-order valence-corrected chi connectivity index (χ1v) is 4.24. The average Bonchev–Trinajstić information content (AvgIpc) is 2.20. The van der Waals surface area contributed by atoms with Gasteiger partial charge in [0.25, 0.3) is 0 Å². The van der Waals surface area contributed by atoms with E-state index in [0.717, 1.165) is 6.07 Å². The van der Waals surface area contributed by atoms with Gasteiger partial charge in [0.15, 0.2) is 5.78 Å². The van der Waals surface area contributed by atoms with Crippen molar-refractivity contribution in [2.24, 2.45) is 5.73 Å². The fraction of sp³-hybridized carbons (Fsp3) is 0.222. The molecule has 0 fully saturated rings. The number of benzene rings is 1. The Labute approximate surface area is 85.6 Å². The van der Waals surface area contributed by atoms with Gasteiger partial charge in [0.05, 0.1) is 24.2 Å². The third-order valence-electron chi connectivity index (χ3n) is 1.73. The van der Waals surface area contributed by atoms with E-state index in [1.54, 1.807) is 0 Å². The lowest BCUT2D eigenvalue weighted by molar-refractivity contribution is 0.0998. The zero-order valence-corrected chi connectivity index (χ0v) is 8.27. The van der Waals surface area contributed by atoms with E-state index in [9.17, 15) is 9.18 Å². The van der Waals surface area contributed by atoms with E-state index in [2.05, 4.69) is 0 Å². The first-order valence-electron chi connectivity index (χ1n) is 3.86. The smallest absolute Gasteiger partial charge is 0.180 e. The summed E-state index contributed by atoms with van der Waals surface area (Å²) in [6.07, 6.45) is 0. The van der Waals surface area contributed by atoms with Crippen LogP contribution in [0, 0.1) is 5.82 Å². The van der Waals surface area contributed by atoms with Gasteiger partial charge in [0, 0.05) is 6.07 Å². The van der Waals surface area contributed by atoms with Crippen LogP contribution in [0.25, 0.3) is 0 Å². The van der Waals surface area contributed by atoms with Gasteiger partial charge in [-0.2, -0.15) is 0 Å². The predicted octanol–water partition coefficient (Wildman–Crippen LogP) is 1.63. The number of halogens is 2. The van der Waals surface area contributed by atoms with E-state index in [4.69, 9.17) is 22.1 Å². The van der Waals surface area contributed by atoms with Crippen LogP contribution in [0.2, 0.25) is 5.02 Å². The predicted molar refractivity (Wildman–Crippen MR) is 51.3 cm³/mol. The van der Waals surface area contributed by atoms with Crippen molar-refractivity contribution in [2.45, 2.75) is 0 Å². The van der Waals surface area contributed by atoms with Crippen LogP contribution in [0.5, 0.6) is 5.75 Å². The van der Waals surface area contributed by atoms with Gasteiger partial charge in [0.1, 0.15) is 11.6 Å². The Kier molecular flexibility index (Phi) is 3.43. The van der Waals surface area contributed by atoms with Gasteiger partial charge in [-0.15, -0.1) is 0 Å².